The van der Waals surface area contributed by atoms with E-state index in [1.54, 1.807) is 21.9 Å². The Bertz CT molecular complexity index is 1060. The molecule has 180 valence electrons. The first-order valence-electron chi connectivity index (χ1n) is 11.1. The number of para-hydroxylation sites is 1. The van der Waals surface area contributed by atoms with E-state index >= 15 is 0 Å². The molecule has 1 atom stereocenters. The Balaban J connectivity index is 1.59. The van der Waals surface area contributed by atoms with E-state index in [0.29, 0.717) is 44.7 Å². The zero-order valence-electron chi connectivity index (χ0n) is 18.6. The Morgan fingerprint density at radius 1 is 0.941 bits per heavy atom. The minimum atomic E-state index is -4.83. The van der Waals surface area contributed by atoms with Crippen LogP contribution in [-0.2, 0) is 16.0 Å². The maximum Gasteiger partial charge on any atom is 0.573 e. The maximum absolute atomic E-state index is 13.2. The number of piperazine rings is 1. The largest absolute Gasteiger partial charge is 0.573 e. The molecule has 0 N–H and O–H groups in total. The highest BCUT2D eigenvalue weighted by Gasteiger charge is 2.37. The van der Waals surface area contributed by atoms with Gasteiger partial charge in [0, 0.05) is 38.3 Å². The van der Waals surface area contributed by atoms with E-state index in [1.807, 2.05) is 29.2 Å². The van der Waals surface area contributed by atoms with Crippen LogP contribution in [-0.4, -0.2) is 72.1 Å². The summed E-state index contributed by atoms with van der Waals surface area (Å²) in [5.41, 5.74) is 2.26. The van der Waals surface area contributed by atoms with Crippen molar-refractivity contribution in [1.82, 2.24) is 14.7 Å². The van der Waals surface area contributed by atoms with Gasteiger partial charge in [0.1, 0.15) is 5.75 Å². The SMILES string of the molecule is C=CC(=O)N1CCN(C(=O)CN2CCc3ccccc3C2c2ccccc2OC(F)(F)F)CC1. The molecular weight excluding hydrogens is 447 g/mol. The zero-order chi connectivity index (χ0) is 24.3. The lowest BCUT2D eigenvalue weighted by atomic mass is 9.87. The molecule has 0 saturated carbocycles. The normalized spacial score (nSPS) is 18.9. The Kier molecular flexibility index (Phi) is 6.92. The molecule has 2 aromatic carbocycles. The predicted octanol–water partition coefficient (Wildman–Crippen LogP) is 3.39. The first kappa shape index (κ1) is 23.8. The summed E-state index contributed by atoms with van der Waals surface area (Å²) in [5.74, 6) is -0.559. The number of ether oxygens (including phenoxy) is 1. The summed E-state index contributed by atoms with van der Waals surface area (Å²) in [6, 6.07) is 13.1. The number of halogens is 3. The van der Waals surface area contributed by atoms with Gasteiger partial charge in [0.05, 0.1) is 12.6 Å². The van der Waals surface area contributed by atoms with Crippen LogP contribution in [0.4, 0.5) is 13.2 Å². The van der Waals surface area contributed by atoms with Crippen molar-refractivity contribution in [1.29, 1.82) is 0 Å². The molecule has 2 amide bonds. The fourth-order valence-corrected chi connectivity index (χ4v) is 4.66. The lowest BCUT2D eigenvalue weighted by Gasteiger charge is -2.40. The van der Waals surface area contributed by atoms with E-state index in [1.165, 1.54) is 18.2 Å². The van der Waals surface area contributed by atoms with Crippen LogP contribution in [0.2, 0.25) is 0 Å². The fraction of sp³-hybridized carbons (Fsp3) is 0.360. The van der Waals surface area contributed by atoms with E-state index in [9.17, 15) is 22.8 Å². The molecule has 1 saturated heterocycles. The van der Waals surface area contributed by atoms with Crippen molar-refractivity contribution in [3.63, 3.8) is 0 Å². The van der Waals surface area contributed by atoms with Crippen LogP contribution in [0, 0.1) is 0 Å². The van der Waals surface area contributed by atoms with Gasteiger partial charge >= 0.3 is 6.36 Å². The van der Waals surface area contributed by atoms with Gasteiger partial charge in [-0.3, -0.25) is 14.5 Å². The summed E-state index contributed by atoms with van der Waals surface area (Å²) in [7, 11) is 0. The zero-order valence-corrected chi connectivity index (χ0v) is 18.6. The van der Waals surface area contributed by atoms with Crippen LogP contribution < -0.4 is 4.74 Å². The molecule has 0 radical (unpaired) electrons. The lowest BCUT2D eigenvalue weighted by Crippen LogP contribution is -2.53. The molecule has 0 aromatic heterocycles. The van der Waals surface area contributed by atoms with Crippen molar-refractivity contribution in [3.05, 3.63) is 77.9 Å². The number of rotatable bonds is 5. The standard InChI is InChI=1S/C25H26F3N3O3/c1-2-22(32)29-13-15-30(16-14-29)23(33)17-31-12-11-18-7-3-4-8-19(18)24(31)20-9-5-6-10-21(20)34-25(26,27)28/h2-10,24H,1,11-17H2. The minimum Gasteiger partial charge on any atom is -0.405 e. The second-order valence-corrected chi connectivity index (χ2v) is 8.32. The van der Waals surface area contributed by atoms with Gasteiger partial charge in [-0.15, -0.1) is 13.2 Å². The quantitative estimate of drug-likeness (QED) is 0.625. The third-order valence-corrected chi connectivity index (χ3v) is 6.28. The van der Waals surface area contributed by atoms with Crippen molar-refractivity contribution < 1.29 is 27.5 Å². The highest BCUT2D eigenvalue weighted by Crippen LogP contribution is 2.40. The highest BCUT2D eigenvalue weighted by atomic mass is 19.4. The molecule has 2 aliphatic rings. The molecule has 1 fully saturated rings. The first-order valence-corrected chi connectivity index (χ1v) is 11.1. The summed E-state index contributed by atoms with van der Waals surface area (Å²) < 4.78 is 43.7. The molecule has 34 heavy (non-hydrogen) atoms. The Morgan fingerprint density at radius 3 is 2.24 bits per heavy atom. The van der Waals surface area contributed by atoms with Crippen LogP contribution in [0.5, 0.6) is 5.75 Å². The number of fused-ring (bicyclic) bond motifs is 1. The second-order valence-electron chi connectivity index (χ2n) is 8.32. The van der Waals surface area contributed by atoms with Crippen LogP contribution >= 0.6 is 0 Å². The number of hydrogen-bond acceptors (Lipinski definition) is 4. The number of nitrogens with zero attached hydrogens (tertiary/aromatic N) is 3. The summed E-state index contributed by atoms with van der Waals surface area (Å²) >= 11 is 0. The van der Waals surface area contributed by atoms with Gasteiger partial charge in [0.15, 0.2) is 0 Å². The van der Waals surface area contributed by atoms with E-state index in [-0.39, 0.29) is 24.1 Å². The van der Waals surface area contributed by atoms with Gasteiger partial charge in [0.25, 0.3) is 0 Å². The number of amides is 2. The van der Waals surface area contributed by atoms with Crippen LogP contribution in [0.15, 0.2) is 61.2 Å². The summed E-state index contributed by atoms with van der Waals surface area (Å²) in [6.07, 6.45) is -2.88. The Morgan fingerprint density at radius 2 is 1.56 bits per heavy atom. The predicted molar refractivity (Wildman–Crippen MR) is 120 cm³/mol. The molecule has 9 heteroatoms. The number of alkyl halides is 3. The van der Waals surface area contributed by atoms with Crippen LogP contribution in [0.25, 0.3) is 0 Å². The maximum atomic E-state index is 13.2. The van der Waals surface area contributed by atoms with Crippen LogP contribution in [0.1, 0.15) is 22.7 Å². The molecular formula is C25H26F3N3O3. The van der Waals surface area contributed by atoms with Gasteiger partial charge in [0.2, 0.25) is 11.8 Å². The fourth-order valence-electron chi connectivity index (χ4n) is 4.66. The van der Waals surface area contributed by atoms with Crippen molar-refractivity contribution >= 4 is 11.8 Å². The number of carbonyl (C=O) groups is 2. The average Bonchev–Trinajstić information content (AvgIpc) is 2.83. The molecule has 1 unspecified atom stereocenters. The van der Waals surface area contributed by atoms with E-state index < -0.39 is 12.4 Å². The first-order chi connectivity index (χ1) is 16.3. The smallest absolute Gasteiger partial charge is 0.405 e. The molecule has 2 heterocycles. The van der Waals surface area contributed by atoms with Gasteiger partial charge in [-0.2, -0.15) is 0 Å². The highest BCUT2D eigenvalue weighted by molar-refractivity contribution is 5.87. The van der Waals surface area contributed by atoms with E-state index in [0.717, 1.165) is 11.1 Å². The Hall–Kier alpha value is -3.33. The minimum absolute atomic E-state index is 0.0504. The summed E-state index contributed by atoms with van der Waals surface area (Å²) in [5, 5.41) is 0. The summed E-state index contributed by atoms with van der Waals surface area (Å²) in [4.78, 5) is 30.2. The van der Waals surface area contributed by atoms with Crippen LogP contribution in [0.3, 0.4) is 0 Å². The van der Waals surface area contributed by atoms with E-state index in [4.69, 9.17) is 0 Å². The monoisotopic (exact) mass is 473 g/mol. The second kappa shape index (κ2) is 9.89. The van der Waals surface area contributed by atoms with Gasteiger partial charge in [-0.25, -0.2) is 0 Å². The lowest BCUT2D eigenvalue weighted by molar-refractivity contribution is -0.275. The topological polar surface area (TPSA) is 53.1 Å². The third-order valence-electron chi connectivity index (χ3n) is 6.28. The number of carbonyl (C=O) groups excluding carboxylic acids is 2. The van der Waals surface area contributed by atoms with Crippen molar-refractivity contribution in [2.24, 2.45) is 0 Å². The molecule has 6 nitrogen and oxygen atoms in total. The van der Waals surface area contributed by atoms with Crippen molar-refractivity contribution in [2.75, 3.05) is 39.3 Å². The molecule has 0 bridgehead atoms. The summed E-state index contributed by atoms with van der Waals surface area (Å²) in [6.45, 7) is 5.71. The molecule has 0 spiro atoms. The van der Waals surface area contributed by atoms with Gasteiger partial charge in [-0.05, 0) is 29.7 Å². The molecule has 2 aliphatic heterocycles. The molecule has 2 aromatic rings. The molecule has 4 rings (SSSR count). The number of hydrogen-bond donors (Lipinski definition) is 0. The van der Waals surface area contributed by atoms with Crippen molar-refractivity contribution in [3.8, 4) is 5.75 Å². The Labute approximate surface area is 196 Å². The molecule has 0 aliphatic carbocycles. The van der Waals surface area contributed by atoms with Gasteiger partial charge in [-0.1, -0.05) is 49.0 Å². The number of benzene rings is 2. The van der Waals surface area contributed by atoms with Crippen molar-refractivity contribution in [2.45, 2.75) is 18.8 Å². The van der Waals surface area contributed by atoms with E-state index in [2.05, 4.69) is 11.3 Å². The van der Waals surface area contributed by atoms with Gasteiger partial charge < -0.3 is 14.5 Å². The average molecular weight is 473 g/mol. The third kappa shape index (κ3) is 5.25.